The van der Waals surface area contributed by atoms with E-state index in [1.165, 1.54) is 0 Å². The molecule has 0 saturated heterocycles. The second-order valence-corrected chi connectivity index (χ2v) is 4.94. The van der Waals surface area contributed by atoms with Gasteiger partial charge in [-0.15, -0.1) is 0 Å². The highest BCUT2D eigenvalue weighted by atomic mass is 35.5. The zero-order valence-electron chi connectivity index (χ0n) is 10.9. The third-order valence-corrected chi connectivity index (χ3v) is 3.74. The maximum absolute atomic E-state index is 11.5. The van der Waals surface area contributed by atoms with Gasteiger partial charge in [-0.2, -0.15) is 5.26 Å². The number of aromatic nitrogens is 2. The molecule has 0 unspecified atom stereocenters. The highest BCUT2D eigenvalue weighted by molar-refractivity contribution is 6.32. The van der Waals surface area contributed by atoms with Crippen molar-refractivity contribution in [1.29, 1.82) is 5.26 Å². The average molecular weight is 300 g/mol. The number of nitriles is 1. The molecule has 6 heteroatoms. The number of carboxylic acid groups (broad SMARTS) is 1. The van der Waals surface area contributed by atoms with Crippen LogP contribution in [0.15, 0.2) is 24.4 Å². The van der Waals surface area contributed by atoms with Gasteiger partial charge in [0.05, 0.1) is 17.0 Å². The topological polar surface area (TPSA) is 78.9 Å². The molecule has 3 rings (SSSR count). The summed E-state index contributed by atoms with van der Waals surface area (Å²) < 4.78 is 1.82. The first kappa shape index (κ1) is 13.4. The minimum absolute atomic E-state index is 0.0170. The van der Waals surface area contributed by atoms with E-state index in [1.54, 1.807) is 24.4 Å². The fourth-order valence-corrected chi connectivity index (χ4v) is 2.82. The molecular weight excluding hydrogens is 290 g/mol. The molecule has 104 valence electrons. The van der Waals surface area contributed by atoms with Gasteiger partial charge in [0.25, 0.3) is 0 Å². The summed E-state index contributed by atoms with van der Waals surface area (Å²) in [6, 6.07) is 5.46. The summed E-state index contributed by atoms with van der Waals surface area (Å²) in [5.41, 5.74) is 1.76. The molecular formula is C15H10ClN3O2. The van der Waals surface area contributed by atoms with Gasteiger partial charge < -0.3 is 9.67 Å². The van der Waals surface area contributed by atoms with Crippen molar-refractivity contribution in [2.45, 2.75) is 13.0 Å². The van der Waals surface area contributed by atoms with E-state index in [9.17, 15) is 15.2 Å². The van der Waals surface area contributed by atoms with E-state index in [2.05, 4.69) is 4.98 Å². The van der Waals surface area contributed by atoms with Crippen molar-refractivity contribution in [1.82, 2.24) is 9.55 Å². The monoisotopic (exact) mass is 299 g/mol. The molecule has 0 spiro atoms. The van der Waals surface area contributed by atoms with Gasteiger partial charge in [-0.05, 0) is 24.6 Å². The molecule has 1 aliphatic rings. The van der Waals surface area contributed by atoms with Crippen LogP contribution in [0.2, 0.25) is 5.15 Å². The van der Waals surface area contributed by atoms with Gasteiger partial charge in [0.1, 0.15) is 16.8 Å². The lowest BCUT2D eigenvalue weighted by molar-refractivity contribution is 0.0696. The number of aromatic carboxylic acids is 1. The summed E-state index contributed by atoms with van der Waals surface area (Å²) >= 11 is 6.12. The first-order valence-corrected chi connectivity index (χ1v) is 6.70. The van der Waals surface area contributed by atoms with Crippen LogP contribution in [0.3, 0.4) is 0 Å². The quantitative estimate of drug-likeness (QED) is 0.864. The summed E-state index contributed by atoms with van der Waals surface area (Å²) in [7, 11) is 0. The average Bonchev–Trinajstić information content (AvgIpc) is 2.82. The van der Waals surface area contributed by atoms with E-state index in [1.807, 2.05) is 16.7 Å². The van der Waals surface area contributed by atoms with E-state index in [-0.39, 0.29) is 16.3 Å². The van der Waals surface area contributed by atoms with E-state index >= 15 is 0 Å². The minimum atomic E-state index is -1.12. The van der Waals surface area contributed by atoms with Crippen LogP contribution in [0.1, 0.15) is 28.0 Å². The Kier molecular flexibility index (Phi) is 3.24. The zero-order valence-corrected chi connectivity index (χ0v) is 11.6. The first-order valence-electron chi connectivity index (χ1n) is 6.32. The Bertz CT molecular complexity index is 815. The Balaban J connectivity index is 2.41. The molecule has 1 N–H and O–H groups in total. The summed E-state index contributed by atoms with van der Waals surface area (Å²) in [5.74, 6) is -1.12. The van der Waals surface area contributed by atoms with Crippen molar-refractivity contribution in [3.05, 3.63) is 46.4 Å². The lowest BCUT2D eigenvalue weighted by Gasteiger charge is -2.14. The van der Waals surface area contributed by atoms with Crippen molar-refractivity contribution in [3.63, 3.8) is 0 Å². The first-order chi connectivity index (χ1) is 10.1. The van der Waals surface area contributed by atoms with Gasteiger partial charge in [0.2, 0.25) is 0 Å². The number of nitrogens with zero attached hydrogens (tertiary/aromatic N) is 3. The highest BCUT2D eigenvalue weighted by Crippen LogP contribution is 2.36. The van der Waals surface area contributed by atoms with Gasteiger partial charge in [0.15, 0.2) is 0 Å². The predicted molar refractivity (Wildman–Crippen MR) is 78.0 cm³/mol. The van der Waals surface area contributed by atoms with Crippen LogP contribution < -0.4 is 0 Å². The van der Waals surface area contributed by atoms with Crippen LogP contribution in [0.5, 0.6) is 0 Å². The maximum atomic E-state index is 11.5. The Morgan fingerprint density at radius 1 is 1.52 bits per heavy atom. The molecule has 1 aliphatic heterocycles. The van der Waals surface area contributed by atoms with Gasteiger partial charge >= 0.3 is 5.97 Å². The third-order valence-electron chi connectivity index (χ3n) is 3.44. The smallest absolute Gasteiger partial charge is 0.339 e. The number of pyridine rings is 1. The van der Waals surface area contributed by atoms with Crippen LogP contribution in [-0.4, -0.2) is 20.6 Å². The number of halogens is 1. The predicted octanol–water partition coefficient (Wildman–Crippen LogP) is 3.19. The number of fused-ring (bicyclic) bond motifs is 1. The molecule has 0 bridgehead atoms. The van der Waals surface area contributed by atoms with Crippen LogP contribution in [0.25, 0.3) is 17.3 Å². The molecule has 0 saturated carbocycles. The van der Waals surface area contributed by atoms with Crippen LogP contribution in [0.4, 0.5) is 0 Å². The molecule has 0 atom stereocenters. The van der Waals surface area contributed by atoms with Crippen molar-refractivity contribution < 1.29 is 9.90 Å². The fourth-order valence-electron chi connectivity index (χ4n) is 2.61. The third kappa shape index (κ3) is 2.01. The molecule has 3 heterocycles. The normalized spacial score (nSPS) is 12.8. The summed E-state index contributed by atoms with van der Waals surface area (Å²) in [4.78, 5) is 15.5. The minimum Gasteiger partial charge on any atom is -0.478 e. The Hall–Kier alpha value is -2.58. The second kappa shape index (κ2) is 5.08. The van der Waals surface area contributed by atoms with Crippen LogP contribution >= 0.6 is 11.6 Å². The number of hydrogen-bond acceptors (Lipinski definition) is 3. The molecule has 0 fully saturated rings. The molecule has 0 radical (unpaired) electrons. The van der Waals surface area contributed by atoms with Crippen molar-refractivity contribution in [2.24, 2.45) is 0 Å². The Morgan fingerprint density at radius 3 is 3.00 bits per heavy atom. The number of carboxylic acids is 1. The zero-order chi connectivity index (χ0) is 15.0. The van der Waals surface area contributed by atoms with Gasteiger partial charge in [-0.3, -0.25) is 0 Å². The van der Waals surface area contributed by atoms with Crippen molar-refractivity contribution in [2.75, 3.05) is 0 Å². The molecule has 2 aromatic rings. The fraction of sp³-hybridized carbons (Fsp3) is 0.133. The number of hydrogen-bond donors (Lipinski definition) is 1. The Labute approximate surface area is 125 Å². The van der Waals surface area contributed by atoms with Gasteiger partial charge in [-0.25, -0.2) is 9.78 Å². The maximum Gasteiger partial charge on any atom is 0.339 e. The molecule has 5 nitrogen and oxygen atoms in total. The largest absolute Gasteiger partial charge is 0.478 e. The summed E-state index contributed by atoms with van der Waals surface area (Å²) in [5, 5.41) is 19.1. The van der Waals surface area contributed by atoms with Crippen LogP contribution in [0, 0.1) is 11.3 Å². The van der Waals surface area contributed by atoms with E-state index in [4.69, 9.17) is 11.6 Å². The number of allylic oxidation sites excluding steroid dienone is 1. The van der Waals surface area contributed by atoms with E-state index in [0.29, 0.717) is 23.5 Å². The summed E-state index contributed by atoms with van der Waals surface area (Å²) in [6.07, 6.45) is 5.96. The highest BCUT2D eigenvalue weighted by Gasteiger charge is 2.28. The van der Waals surface area contributed by atoms with Crippen molar-refractivity contribution >= 4 is 23.6 Å². The van der Waals surface area contributed by atoms with Gasteiger partial charge in [-0.1, -0.05) is 17.7 Å². The molecule has 21 heavy (non-hydrogen) atoms. The second-order valence-electron chi connectivity index (χ2n) is 4.59. The van der Waals surface area contributed by atoms with Gasteiger partial charge in [0, 0.05) is 18.3 Å². The molecule has 2 aromatic heterocycles. The lowest BCUT2D eigenvalue weighted by atomic mass is 10.1. The molecule has 0 amide bonds. The molecule has 0 aromatic carbocycles. The Morgan fingerprint density at radius 2 is 2.33 bits per heavy atom. The summed E-state index contributed by atoms with van der Waals surface area (Å²) in [6.45, 7) is 0.606. The van der Waals surface area contributed by atoms with E-state index < -0.39 is 5.97 Å². The number of rotatable bonds is 2. The van der Waals surface area contributed by atoms with Crippen LogP contribution in [-0.2, 0) is 6.54 Å². The number of carbonyl (C=O) groups is 1. The van der Waals surface area contributed by atoms with E-state index in [0.717, 1.165) is 6.42 Å². The molecule has 0 aliphatic carbocycles. The standard InChI is InChI=1S/C15H10ClN3O2/c16-14-9(4-3-6-18-14)13-10(8-17)12(15(20)21)11-5-1-2-7-19(11)13/h1,3-6H,2,7H2,(H,20,21). The lowest BCUT2D eigenvalue weighted by Crippen LogP contribution is -2.07. The van der Waals surface area contributed by atoms with Crippen molar-refractivity contribution in [3.8, 4) is 17.3 Å². The SMILES string of the molecule is N#Cc1c(C(=O)O)c2n(c1-c1cccnc1Cl)CCC=C2.